The van der Waals surface area contributed by atoms with Crippen molar-refractivity contribution in [2.45, 2.75) is 12.1 Å². The summed E-state index contributed by atoms with van der Waals surface area (Å²) in [5, 5.41) is 9.25. The Hall–Kier alpha value is -1.30. The van der Waals surface area contributed by atoms with E-state index in [9.17, 15) is 5.11 Å². The lowest BCUT2D eigenvalue weighted by Crippen LogP contribution is -2.39. The molecule has 0 saturated carbocycles. The van der Waals surface area contributed by atoms with Crippen molar-refractivity contribution in [2.75, 3.05) is 33.9 Å². The van der Waals surface area contributed by atoms with Crippen LogP contribution >= 0.6 is 0 Å². The number of benzene rings is 1. The van der Waals surface area contributed by atoms with Crippen LogP contribution in [0.25, 0.3) is 0 Å². The van der Waals surface area contributed by atoms with Crippen molar-refractivity contribution in [3.63, 3.8) is 0 Å². The first kappa shape index (κ1) is 13.1. The molecule has 1 aromatic carbocycles. The van der Waals surface area contributed by atoms with E-state index in [0.29, 0.717) is 13.2 Å². The molecule has 0 radical (unpaired) electrons. The maximum absolute atomic E-state index is 9.25. The number of aliphatic hydroxyl groups excluding tert-OH is 1. The fourth-order valence-corrected chi connectivity index (χ4v) is 2.27. The molecule has 1 aliphatic heterocycles. The minimum absolute atomic E-state index is 0.0502. The van der Waals surface area contributed by atoms with Gasteiger partial charge >= 0.3 is 0 Å². The Balaban J connectivity index is 2.30. The van der Waals surface area contributed by atoms with E-state index < -0.39 is 0 Å². The van der Waals surface area contributed by atoms with Gasteiger partial charge in [-0.05, 0) is 31.8 Å². The Bertz CT molecular complexity index is 409. The molecule has 2 atom stereocenters. The molecule has 18 heavy (non-hydrogen) atoms. The number of nitrogens with two attached hydrogens (primary N) is 1. The molecule has 1 aromatic rings. The molecule has 2 unspecified atom stereocenters. The van der Waals surface area contributed by atoms with Crippen LogP contribution in [0.1, 0.15) is 11.6 Å². The predicted molar refractivity (Wildman–Crippen MR) is 68.9 cm³/mol. The van der Waals surface area contributed by atoms with Gasteiger partial charge in [-0.1, -0.05) is 6.07 Å². The average Bonchev–Trinajstić information content (AvgIpc) is 2.38. The van der Waals surface area contributed by atoms with E-state index in [2.05, 4.69) is 0 Å². The van der Waals surface area contributed by atoms with Crippen molar-refractivity contribution >= 4 is 0 Å². The molecular weight excluding hydrogens is 232 g/mol. The van der Waals surface area contributed by atoms with Gasteiger partial charge in [0.25, 0.3) is 0 Å². The van der Waals surface area contributed by atoms with Crippen LogP contribution in [0.3, 0.4) is 0 Å². The van der Waals surface area contributed by atoms with Gasteiger partial charge < -0.3 is 25.2 Å². The van der Waals surface area contributed by atoms with E-state index in [1.54, 1.807) is 0 Å². The third kappa shape index (κ3) is 2.58. The van der Waals surface area contributed by atoms with Crippen molar-refractivity contribution in [3.8, 4) is 11.5 Å². The Labute approximate surface area is 107 Å². The number of hydrogen-bond donors (Lipinski definition) is 2. The third-order valence-corrected chi connectivity index (χ3v) is 3.08. The van der Waals surface area contributed by atoms with Crippen molar-refractivity contribution in [1.29, 1.82) is 0 Å². The van der Waals surface area contributed by atoms with E-state index in [1.165, 1.54) is 0 Å². The van der Waals surface area contributed by atoms with E-state index >= 15 is 0 Å². The SMILES string of the molecule is CN(C)C(c1ccc2c(c1)OCCO2)C(N)CO. The standard InChI is InChI=1S/C13H20N2O3/c1-15(2)13(10(14)8-16)9-3-4-11-12(7-9)18-6-5-17-11/h3-4,7,10,13,16H,5-6,8,14H2,1-2H3. The van der Waals surface area contributed by atoms with E-state index in [-0.39, 0.29) is 18.7 Å². The highest BCUT2D eigenvalue weighted by atomic mass is 16.6. The summed E-state index contributed by atoms with van der Waals surface area (Å²) in [7, 11) is 3.88. The first-order chi connectivity index (χ1) is 8.63. The highest BCUT2D eigenvalue weighted by molar-refractivity contribution is 5.45. The van der Waals surface area contributed by atoms with Gasteiger partial charge in [0, 0.05) is 6.04 Å². The smallest absolute Gasteiger partial charge is 0.161 e. The summed E-state index contributed by atoms with van der Waals surface area (Å²) in [6.45, 7) is 1.09. The van der Waals surface area contributed by atoms with Crippen LogP contribution in [-0.4, -0.2) is 50.0 Å². The molecule has 1 heterocycles. The molecule has 1 aliphatic rings. The second-order valence-corrected chi connectivity index (χ2v) is 4.66. The van der Waals surface area contributed by atoms with Gasteiger partial charge in [0.05, 0.1) is 12.6 Å². The molecule has 0 spiro atoms. The topological polar surface area (TPSA) is 68.0 Å². The van der Waals surface area contributed by atoms with E-state index in [4.69, 9.17) is 15.2 Å². The van der Waals surface area contributed by atoms with Gasteiger partial charge in [-0.15, -0.1) is 0 Å². The van der Waals surface area contributed by atoms with Crippen LogP contribution in [-0.2, 0) is 0 Å². The largest absolute Gasteiger partial charge is 0.486 e. The normalized spacial score (nSPS) is 17.6. The summed E-state index contributed by atoms with van der Waals surface area (Å²) in [6.07, 6.45) is 0. The summed E-state index contributed by atoms with van der Waals surface area (Å²) >= 11 is 0. The lowest BCUT2D eigenvalue weighted by molar-refractivity contribution is 0.167. The maximum Gasteiger partial charge on any atom is 0.161 e. The zero-order chi connectivity index (χ0) is 13.1. The van der Waals surface area contributed by atoms with Crippen LogP contribution in [0.2, 0.25) is 0 Å². The lowest BCUT2D eigenvalue weighted by Gasteiger charge is -2.30. The Morgan fingerprint density at radius 2 is 1.94 bits per heavy atom. The molecule has 2 rings (SSSR count). The Kier molecular flexibility index (Phi) is 4.06. The quantitative estimate of drug-likeness (QED) is 0.811. The molecule has 0 fully saturated rings. The number of rotatable bonds is 4. The van der Waals surface area contributed by atoms with E-state index in [0.717, 1.165) is 17.1 Å². The monoisotopic (exact) mass is 252 g/mol. The first-order valence-electron chi connectivity index (χ1n) is 6.06. The third-order valence-electron chi connectivity index (χ3n) is 3.08. The molecule has 100 valence electrons. The molecule has 0 saturated heterocycles. The van der Waals surface area contributed by atoms with Gasteiger partial charge in [-0.2, -0.15) is 0 Å². The van der Waals surface area contributed by atoms with Crippen LogP contribution in [0.5, 0.6) is 11.5 Å². The number of hydrogen-bond acceptors (Lipinski definition) is 5. The van der Waals surface area contributed by atoms with Gasteiger partial charge in [0.2, 0.25) is 0 Å². The molecule has 0 amide bonds. The summed E-state index contributed by atoms with van der Waals surface area (Å²) in [5.41, 5.74) is 6.98. The number of ether oxygens (including phenoxy) is 2. The van der Waals surface area contributed by atoms with Crippen molar-refractivity contribution < 1.29 is 14.6 Å². The van der Waals surface area contributed by atoms with Gasteiger partial charge in [0.1, 0.15) is 13.2 Å². The molecule has 5 heteroatoms. The fourth-order valence-electron chi connectivity index (χ4n) is 2.27. The molecule has 0 aliphatic carbocycles. The number of likely N-dealkylation sites (N-methyl/N-ethyl adjacent to an activating group) is 1. The van der Waals surface area contributed by atoms with Crippen molar-refractivity contribution in [2.24, 2.45) is 5.73 Å². The number of fused-ring (bicyclic) bond motifs is 1. The van der Waals surface area contributed by atoms with Gasteiger partial charge in [-0.3, -0.25) is 0 Å². The molecule has 3 N–H and O–H groups in total. The van der Waals surface area contributed by atoms with Crippen LogP contribution in [0.4, 0.5) is 0 Å². The fraction of sp³-hybridized carbons (Fsp3) is 0.538. The van der Waals surface area contributed by atoms with Crippen LogP contribution in [0.15, 0.2) is 18.2 Å². The van der Waals surface area contributed by atoms with Crippen molar-refractivity contribution in [3.05, 3.63) is 23.8 Å². The molecular formula is C13H20N2O3. The van der Waals surface area contributed by atoms with Gasteiger partial charge in [-0.25, -0.2) is 0 Å². The zero-order valence-corrected chi connectivity index (χ0v) is 10.8. The summed E-state index contributed by atoms with van der Waals surface area (Å²) in [5.74, 6) is 1.51. The Morgan fingerprint density at radius 3 is 2.56 bits per heavy atom. The minimum atomic E-state index is -0.331. The molecule has 0 aromatic heterocycles. The average molecular weight is 252 g/mol. The number of nitrogens with zero attached hydrogens (tertiary/aromatic N) is 1. The first-order valence-corrected chi connectivity index (χ1v) is 6.06. The maximum atomic E-state index is 9.25. The summed E-state index contributed by atoms with van der Waals surface area (Å²) < 4.78 is 11.0. The van der Waals surface area contributed by atoms with E-state index in [1.807, 2.05) is 37.2 Å². The zero-order valence-electron chi connectivity index (χ0n) is 10.8. The number of aliphatic hydroxyl groups is 1. The highest BCUT2D eigenvalue weighted by Crippen LogP contribution is 2.34. The predicted octanol–water partition coefficient (Wildman–Crippen LogP) is 0.380. The highest BCUT2D eigenvalue weighted by Gasteiger charge is 2.23. The molecule has 5 nitrogen and oxygen atoms in total. The van der Waals surface area contributed by atoms with Gasteiger partial charge in [0.15, 0.2) is 11.5 Å². The second-order valence-electron chi connectivity index (χ2n) is 4.66. The minimum Gasteiger partial charge on any atom is -0.486 e. The molecule has 0 bridgehead atoms. The lowest BCUT2D eigenvalue weighted by atomic mass is 9.98. The summed E-state index contributed by atoms with van der Waals surface area (Å²) in [4.78, 5) is 1.99. The van der Waals surface area contributed by atoms with Crippen LogP contribution in [0, 0.1) is 0 Å². The van der Waals surface area contributed by atoms with Crippen molar-refractivity contribution in [1.82, 2.24) is 4.90 Å². The van der Waals surface area contributed by atoms with Crippen LogP contribution < -0.4 is 15.2 Å². The summed E-state index contributed by atoms with van der Waals surface area (Å²) in [6, 6.07) is 5.42. The Morgan fingerprint density at radius 1 is 1.28 bits per heavy atom. The second kappa shape index (κ2) is 5.56.